The van der Waals surface area contributed by atoms with Gasteiger partial charge in [-0.2, -0.15) is 11.8 Å². The number of nitrogens with one attached hydrogen (secondary N) is 2. The molecule has 0 saturated heterocycles. The van der Waals surface area contributed by atoms with Crippen LogP contribution in [0.15, 0.2) is 36.4 Å². The second kappa shape index (κ2) is 6.78. The minimum atomic E-state index is 0.133. The summed E-state index contributed by atoms with van der Waals surface area (Å²) in [7, 11) is 0. The quantitative estimate of drug-likeness (QED) is 0.562. The third-order valence-corrected chi connectivity index (χ3v) is 4.40. The van der Waals surface area contributed by atoms with Crippen molar-refractivity contribution in [3.8, 4) is 11.4 Å². The lowest BCUT2D eigenvalue weighted by Gasteiger charge is -2.22. The molecule has 112 valence electrons. The van der Waals surface area contributed by atoms with Crippen molar-refractivity contribution in [2.75, 3.05) is 23.5 Å². The van der Waals surface area contributed by atoms with E-state index in [0.717, 1.165) is 17.9 Å². The largest absolute Gasteiger partial charge is 0.369 e. The Morgan fingerprint density at radius 1 is 1.14 bits per heavy atom. The van der Waals surface area contributed by atoms with Gasteiger partial charge in [0.05, 0.1) is 0 Å². The van der Waals surface area contributed by atoms with E-state index in [-0.39, 0.29) is 4.75 Å². The SMILES string of the molecule is CSC(C)(C)CNc1cc(NN)nc(-c2ccccc2)n1. The second-order valence-electron chi connectivity index (χ2n) is 5.29. The Balaban J connectivity index is 2.26. The van der Waals surface area contributed by atoms with E-state index in [4.69, 9.17) is 5.84 Å². The molecule has 1 aromatic carbocycles. The summed E-state index contributed by atoms with van der Waals surface area (Å²) in [6.45, 7) is 5.18. The van der Waals surface area contributed by atoms with Crippen LogP contribution in [-0.2, 0) is 0 Å². The van der Waals surface area contributed by atoms with Crippen LogP contribution in [0.1, 0.15) is 13.8 Å². The van der Waals surface area contributed by atoms with Crippen LogP contribution in [0.4, 0.5) is 11.6 Å². The molecule has 0 spiro atoms. The summed E-state index contributed by atoms with van der Waals surface area (Å²) in [4.78, 5) is 8.96. The standard InChI is InChI=1S/C15H21N5S/c1-15(2,21-3)10-17-12-9-13(20-16)19-14(18-12)11-7-5-4-6-8-11/h4-9H,10,16H2,1-3H3,(H2,17,18,19,20). The molecule has 0 atom stereocenters. The maximum Gasteiger partial charge on any atom is 0.163 e. The van der Waals surface area contributed by atoms with Gasteiger partial charge in [-0.1, -0.05) is 30.3 Å². The second-order valence-corrected chi connectivity index (χ2v) is 6.80. The highest BCUT2D eigenvalue weighted by atomic mass is 32.2. The molecule has 0 radical (unpaired) electrons. The van der Waals surface area contributed by atoms with E-state index in [1.165, 1.54) is 0 Å². The average molecular weight is 303 g/mol. The number of benzene rings is 1. The number of hydrogen-bond donors (Lipinski definition) is 3. The van der Waals surface area contributed by atoms with Gasteiger partial charge in [0.2, 0.25) is 0 Å². The van der Waals surface area contributed by atoms with Gasteiger partial charge < -0.3 is 10.7 Å². The summed E-state index contributed by atoms with van der Waals surface area (Å²) >= 11 is 1.81. The van der Waals surface area contributed by atoms with Gasteiger partial charge in [0.15, 0.2) is 5.82 Å². The first-order chi connectivity index (χ1) is 10.0. The van der Waals surface area contributed by atoms with Gasteiger partial charge in [0, 0.05) is 22.9 Å². The molecule has 1 aromatic heterocycles. The van der Waals surface area contributed by atoms with Crippen molar-refractivity contribution in [1.82, 2.24) is 9.97 Å². The summed E-state index contributed by atoms with van der Waals surface area (Å²) < 4.78 is 0.133. The maximum absolute atomic E-state index is 5.50. The van der Waals surface area contributed by atoms with Gasteiger partial charge >= 0.3 is 0 Å². The fourth-order valence-electron chi connectivity index (χ4n) is 1.70. The fourth-order valence-corrected chi connectivity index (χ4v) is 1.92. The van der Waals surface area contributed by atoms with Crippen molar-refractivity contribution in [1.29, 1.82) is 0 Å². The number of rotatable bonds is 6. The zero-order valence-electron chi connectivity index (χ0n) is 12.6. The number of hydrogen-bond acceptors (Lipinski definition) is 6. The van der Waals surface area contributed by atoms with Gasteiger partial charge in [-0.3, -0.25) is 0 Å². The van der Waals surface area contributed by atoms with E-state index in [9.17, 15) is 0 Å². The third kappa shape index (κ3) is 4.34. The monoisotopic (exact) mass is 303 g/mol. The summed E-state index contributed by atoms with van der Waals surface area (Å²) in [5.41, 5.74) is 3.55. The van der Waals surface area contributed by atoms with Gasteiger partial charge in [0.25, 0.3) is 0 Å². The van der Waals surface area contributed by atoms with Crippen molar-refractivity contribution in [3.05, 3.63) is 36.4 Å². The van der Waals surface area contributed by atoms with Crippen molar-refractivity contribution in [3.63, 3.8) is 0 Å². The van der Waals surface area contributed by atoms with E-state index in [1.54, 1.807) is 0 Å². The lowest BCUT2D eigenvalue weighted by Crippen LogP contribution is -2.26. The van der Waals surface area contributed by atoms with Gasteiger partial charge in [-0.05, 0) is 20.1 Å². The van der Waals surface area contributed by atoms with Crippen molar-refractivity contribution in [2.45, 2.75) is 18.6 Å². The van der Waals surface area contributed by atoms with Crippen molar-refractivity contribution < 1.29 is 0 Å². The molecular weight excluding hydrogens is 282 g/mol. The van der Waals surface area contributed by atoms with Crippen LogP contribution < -0.4 is 16.6 Å². The van der Waals surface area contributed by atoms with Gasteiger partial charge in [-0.25, -0.2) is 15.8 Å². The minimum absolute atomic E-state index is 0.133. The van der Waals surface area contributed by atoms with E-state index >= 15 is 0 Å². The Morgan fingerprint density at radius 2 is 1.81 bits per heavy atom. The van der Waals surface area contributed by atoms with E-state index in [1.807, 2.05) is 48.2 Å². The highest BCUT2D eigenvalue weighted by Gasteiger charge is 2.16. The number of aromatic nitrogens is 2. The Hall–Kier alpha value is -1.79. The molecule has 4 N–H and O–H groups in total. The molecule has 2 aromatic rings. The Kier molecular flexibility index (Phi) is 5.03. The molecule has 0 aliphatic carbocycles. The van der Waals surface area contributed by atoms with Crippen LogP contribution >= 0.6 is 11.8 Å². The van der Waals surface area contributed by atoms with Crippen LogP contribution in [0.2, 0.25) is 0 Å². The molecule has 0 bridgehead atoms. The molecule has 6 heteroatoms. The number of nitrogen functional groups attached to an aromatic ring is 1. The first-order valence-electron chi connectivity index (χ1n) is 6.74. The topological polar surface area (TPSA) is 75.9 Å². The van der Waals surface area contributed by atoms with Crippen LogP contribution in [0.3, 0.4) is 0 Å². The predicted molar refractivity (Wildman–Crippen MR) is 91.4 cm³/mol. The van der Waals surface area contributed by atoms with E-state index in [2.05, 4.69) is 40.8 Å². The normalized spacial score (nSPS) is 11.2. The smallest absolute Gasteiger partial charge is 0.163 e. The summed E-state index contributed by atoms with van der Waals surface area (Å²) in [6.07, 6.45) is 2.10. The zero-order chi connectivity index (χ0) is 15.3. The summed E-state index contributed by atoms with van der Waals surface area (Å²) in [6, 6.07) is 11.7. The molecule has 0 aliphatic rings. The Labute approximate surface area is 129 Å². The molecule has 2 rings (SSSR count). The van der Waals surface area contributed by atoms with E-state index in [0.29, 0.717) is 11.6 Å². The fraction of sp³-hybridized carbons (Fsp3) is 0.333. The minimum Gasteiger partial charge on any atom is -0.369 e. The van der Waals surface area contributed by atoms with Crippen LogP contribution in [0.5, 0.6) is 0 Å². The maximum atomic E-state index is 5.50. The number of nitrogens with zero attached hydrogens (tertiary/aromatic N) is 2. The highest BCUT2D eigenvalue weighted by Crippen LogP contribution is 2.23. The molecule has 0 unspecified atom stereocenters. The van der Waals surface area contributed by atoms with Crippen molar-refractivity contribution in [2.24, 2.45) is 5.84 Å². The van der Waals surface area contributed by atoms with Gasteiger partial charge in [-0.15, -0.1) is 0 Å². The number of thioether (sulfide) groups is 1. The van der Waals surface area contributed by atoms with Crippen LogP contribution in [0, 0.1) is 0 Å². The van der Waals surface area contributed by atoms with Crippen molar-refractivity contribution >= 4 is 23.4 Å². The summed E-state index contributed by atoms with van der Waals surface area (Å²) in [5, 5.41) is 3.35. The lowest BCUT2D eigenvalue weighted by molar-refractivity contribution is 0.750. The summed E-state index contributed by atoms with van der Waals surface area (Å²) in [5.74, 6) is 7.50. The Morgan fingerprint density at radius 3 is 2.43 bits per heavy atom. The zero-order valence-corrected chi connectivity index (χ0v) is 13.4. The van der Waals surface area contributed by atoms with Crippen LogP contribution in [0.25, 0.3) is 11.4 Å². The molecule has 1 heterocycles. The number of nitrogens with two attached hydrogens (primary N) is 1. The molecule has 5 nitrogen and oxygen atoms in total. The number of hydrazine groups is 1. The number of anilines is 2. The average Bonchev–Trinajstić information content (AvgIpc) is 2.53. The molecule has 0 aliphatic heterocycles. The predicted octanol–water partition coefficient (Wildman–Crippen LogP) is 2.98. The molecular formula is C15H21N5S. The highest BCUT2D eigenvalue weighted by molar-refractivity contribution is 7.99. The molecule has 21 heavy (non-hydrogen) atoms. The van der Waals surface area contributed by atoms with E-state index < -0.39 is 0 Å². The third-order valence-electron chi connectivity index (χ3n) is 3.15. The first kappa shape index (κ1) is 15.6. The molecule has 0 amide bonds. The van der Waals surface area contributed by atoms with Gasteiger partial charge in [0.1, 0.15) is 11.6 Å². The Bertz CT molecular complexity index is 586. The lowest BCUT2D eigenvalue weighted by atomic mass is 10.2. The first-order valence-corrected chi connectivity index (χ1v) is 7.97. The molecule has 0 saturated carbocycles. The van der Waals surface area contributed by atoms with Crippen LogP contribution in [-0.4, -0.2) is 27.5 Å². The molecule has 0 fully saturated rings.